The molecule has 0 saturated carbocycles. The van der Waals surface area contributed by atoms with Crippen molar-refractivity contribution in [3.8, 4) is 11.5 Å². The number of aliphatic hydroxyl groups excluding tert-OH is 1. The molecule has 8 nitrogen and oxygen atoms in total. The molecule has 0 radical (unpaired) electrons. The second-order valence-corrected chi connectivity index (χ2v) is 8.70. The highest BCUT2D eigenvalue weighted by Crippen LogP contribution is 2.19. The molecule has 0 unspecified atom stereocenters. The molecule has 0 bridgehead atoms. The van der Waals surface area contributed by atoms with Crippen LogP contribution in [0.3, 0.4) is 0 Å². The fourth-order valence-electron chi connectivity index (χ4n) is 3.92. The topological polar surface area (TPSA) is 120 Å². The molecular weight excluding hydrogens is 496 g/mol. The summed E-state index contributed by atoms with van der Waals surface area (Å²) in [5, 5.41) is 29.3. The number of carbonyl (C=O) groups excluding carboxylic acids is 2. The molecule has 202 valence electrons. The molecule has 0 aliphatic rings. The minimum absolute atomic E-state index is 0.0552. The van der Waals surface area contributed by atoms with E-state index in [1.165, 1.54) is 18.2 Å². The molecule has 10 heteroatoms. The van der Waals surface area contributed by atoms with Gasteiger partial charge in [0.15, 0.2) is 0 Å². The third kappa shape index (κ3) is 7.99. The number of rotatable bonds is 12. The molecule has 0 aliphatic carbocycles. The van der Waals surface area contributed by atoms with Crippen LogP contribution in [0.25, 0.3) is 0 Å². The molecule has 0 spiro atoms. The quantitative estimate of drug-likeness (QED) is 0.247. The van der Waals surface area contributed by atoms with Crippen molar-refractivity contribution in [1.29, 1.82) is 0 Å². The first-order chi connectivity index (χ1) is 18.2. The number of nitrogens with one attached hydrogen (secondary N) is 3. The maximum Gasteiger partial charge on any atom is 0.255 e. The first kappa shape index (κ1) is 28.5. The van der Waals surface area contributed by atoms with Gasteiger partial charge in [-0.1, -0.05) is 12.1 Å². The predicted molar refractivity (Wildman–Crippen MR) is 138 cm³/mol. The molecule has 0 saturated heterocycles. The molecule has 38 heavy (non-hydrogen) atoms. The van der Waals surface area contributed by atoms with Gasteiger partial charge in [-0.3, -0.25) is 9.59 Å². The summed E-state index contributed by atoms with van der Waals surface area (Å²) in [6, 6.07) is 13.2. The summed E-state index contributed by atoms with van der Waals surface area (Å²) in [4.78, 5) is 25.3. The van der Waals surface area contributed by atoms with Crippen molar-refractivity contribution in [2.75, 3.05) is 20.2 Å². The van der Waals surface area contributed by atoms with Crippen LogP contribution in [-0.4, -0.2) is 54.4 Å². The van der Waals surface area contributed by atoms with Gasteiger partial charge in [0.05, 0.1) is 24.8 Å². The molecular formula is C28H31F2N3O5. The van der Waals surface area contributed by atoms with E-state index < -0.39 is 35.6 Å². The average Bonchev–Trinajstić information content (AvgIpc) is 2.88. The number of amides is 2. The van der Waals surface area contributed by atoms with E-state index in [2.05, 4.69) is 16.0 Å². The molecule has 0 aromatic heterocycles. The lowest BCUT2D eigenvalue weighted by atomic mass is 9.99. The molecule has 0 fully saturated rings. The van der Waals surface area contributed by atoms with Crippen molar-refractivity contribution in [1.82, 2.24) is 16.0 Å². The monoisotopic (exact) mass is 527 g/mol. The smallest absolute Gasteiger partial charge is 0.255 e. The maximum atomic E-state index is 13.8. The molecule has 5 N–H and O–H groups in total. The van der Waals surface area contributed by atoms with E-state index in [9.17, 15) is 28.6 Å². The van der Waals surface area contributed by atoms with Crippen molar-refractivity contribution < 1.29 is 33.3 Å². The second-order valence-electron chi connectivity index (χ2n) is 8.70. The lowest BCUT2D eigenvalue weighted by Gasteiger charge is -2.25. The summed E-state index contributed by atoms with van der Waals surface area (Å²) < 4.78 is 32.8. The Kier molecular flexibility index (Phi) is 10.1. The average molecular weight is 528 g/mol. The van der Waals surface area contributed by atoms with Gasteiger partial charge in [-0.25, -0.2) is 8.78 Å². The Morgan fingerprint density at radius 2 is 1.71 bits per heavy atom. The molecule has 2 atom stereocenters. The first-order valence-electron chi connectivity index (χ1n) is 12.1. The van der Waals surface area contributed by atoms with Crippen molar-refractivity contribution >= 4 is 11.8 Å². The normalized spacial score (nSPS) is 12.4. The highest BCUT2D eigenvalue weighted by atomic mass is 19.1. The lowest BCUT2D eigenvalue weighted by Crippen LogP contribution is -2.48. The van der Waals surface area contributed by atoms with Gasteiger partial charge >= 0.3 is 0 Å². The summed E-state index contributed by atoms with van der Waals surface area (Å²) in [6.45, 7) is 2.50. The van der Waals surface area contributed by atoms with E-state index in [-0.39, 0.29) is 35.4 Å². The van der Waals surface area contributed by atoms with Gasteiger partial charge < -0.3 is 30.9 Å². The Morgan fingerprint density at radius 1 is 0.974 bits per heavy atom. The van der Waals surface area contributed by atoms with Crippen LogP contribution in [0.2, 0.25) is 0 Å². The van der Waals surface area contributed by atoms with Gasteiger partial charge in [-0.05, 0) is 66.9 Å². The number of methoxy groups -OCH3 is 1. The van der Waals surface area contributed by atoms with E-state index in [1.54, 1.807) is 14.0 Å². The number of hydrogen-bond donors (Lipinski definition) is 5. The first-order valence-corrected chi connectivity index (χ1v) is 12.1. The number of ether oxygens (including phenoxy) is 1. The Morgan fingerprint density at radius 3 is 2.39 bits per heavy atom. The van der Waals surface area contributed by atoms with E-state index >= 15 is 0 Å². The summed E-state index contributed by atoms with van der Waals surface area (Å²) in [7, 11) is 1.56. The third-order valence-electron chi connectivity index (χ3n) is 5.82. The molecule has 2 amide bonds. The molecule has 3 aromatic rings. The largest absolute Gasteiger partial charge is 0.507 e. The van der Waals surface area contributed by atoms with Crippen LogP contribution in [0, 0.1) is 11.6 Å². The lowest BCUT2D eigenvalue weighted by molar-refractivity contribution is 0.0829. The SMILES string of the molecule is CCNC(=O)c1cc(C(=O)N[C@@H](Cc2cc(F)cc(F)c2)[C@H](O)CNCc2cccc(OC)c2)ccc1O. The standard InChI is InChI=1S/C28H31F2N3O5/c1-3-32-28(37)23-13-19(7-8-25(23)34)27(36)33-24(12-18-9-20(29)14-21(30)10-18)26(35)16-31-15-17-5-4-6-22(11-17)38-2/h4-11,13-14,24,26,31,34-35H,3,12,15-16H2,1-2H3,(H,32,37)(H,33,36)/t24-,26+/m0/s1. The van der Waals surface area contributed by atoms with E-state index in [4.69, 9.17) is 4.74 Å². The van der Waals surface area contributed by atoms with Crippen molar-refractivity contribution in [2.45, 2.75) is 32.0 Å². The van der Waals surface area contributed by atoms with E-state index in [0.717, 1.165) is 23.8 Å². The maximum absolute atomic E-state index is 13.8. The third-order valence-corrected chi connectivity index (χ3v) is 5.82. The van der Waals surface area contributed by atoms with Crippen LogP contribution in [0.1, 0.15) is 38.8 Å². The van der Waals surface area contributed by atoms with Crippen LogP contribution in [-0.2, 0) is 13.0 Å². The summed E-state index contributed by atoms with van der Waals surface area (Å²) in [6.07, 6.45) is -1.21. The fourth-order valence-corrected chi connectivity index (χ4v) is 3.92. The van der Waals surface area contributed by atoms with Crippen LogP contribution in [0.15, 0.2) is 60.7 Å². The van der Waals surface area contributed by atoms with E-state index in [0.29, 0.717) is 18.8 Å². The number of phenols is 1. The van der Waals surface area contributed by atoms with Crippen molar-refractivity contribution in [3.05, 3.63) is 94.6 Å². The summed E-state index contributed by atoms with van der Waals surface area (Å²) >= 11 is 0. The Hall–Kier alpha value is -4.02. The number of aliphatic hydroxyl groups is 1. The van der Waals surface area contributed by atoms with Crippen LogP contribution >= 0.6 is 0 Å². The second kappa shape index (κ2) is 13.5. The molecule has 3 rings (SSSR count). The van der Waals surface area contributed by atoms with Crippen LogP contribution in [0.5, 0.6) is 11.5 Å². The molecule has 0 heterocycles. The zero-order valence-corrected chi connectivity index (χ0v) is 21.1. The molecule has 0 aliphatic heterocycles. The van der Waals surface area contributed by atoms with Gasteiger partial charge in [0, 0.05) is 31.3 Å². The minimum Gasteiger partial charge on any atom is -0.507 e. The van der Waals surface area contributed by atoms with Crippen molar-refractivity contribution in [3.63, 3.8) is 0 Å². The van der Waals surface area contributed by atoms with Gasteiger partial charge in [-0.15, -0.1) is 0 Å². The highest BCUT2D eigenvalue weighted by Gasteiger charge is 2.24. The van der Waals surface area contributed by atoms with Gasteiger partial charge in [-0.2, -0.15) is 0 Å². The fraction of sp³-hybridized carbons (Fsp3) is 0.286. The van der Waals surface area contributed by atoms with Gasteiger partial charge in [0.25, 0.3) is 11.8 Å². The number of hydrogen-bond acceptors (Lipinski definition) is 6. The Balaban J connectivity index is 1.77. The van der Waals surface area contributed by atoms with Gasteiger partial charge in [0.2, 0.25) is 0 Å². The van der Waals surface area contributed by atoms with Crippen LogP contribution in [0.4, 0.5) is 8.78 Å². The highest BCUT2D eigenvalue weighted by molar-refractivity contribution is 6.01. The number of benzene rings is 3. The number of aromatic hydroxyl groups is 1. The van der Waals surface area contributed by atoms with E-state index in [1.807, 2.05) is 24.3 Å². The van der Waals surface area contributed by atoms with Crippen LogP contribution < -0.4 is 20.7 Å². The summed E-state index contributed by atoms with van der Waals surface area (Å²) in [5.74, 6) is -2.34. The van der Waals surface area contributed by atoms with Gasteiger partial charge in [0.1, 0.15) is 23.1 Å². The Labute approximate surface area is 219 Å². The molecule has 3 aromatic carbocycles. The zero-order chi connectivity index (χ0) is 27.7. The minimum atomic E-state index is -1.14. The predicted octanol–water partition coefficient (Wildman–Crippen LogP) is 2.92. The summed E-state index contributed by atoms with van der Waals surface area (Å²) in [5.41, 5.74) is 1.14. The van der Waals surface area contributed by atoms with Crippen molar-refractivity contribution in [2.24, 2.45) is 0 Å². The zero-order valence-electron chi connectivity index (χ0n) is 21.1. The number of carbonyl (C=O) groups is 2. The Bertz CT molecular complexity index is 1250. The number of phenolic OH excluding ortho intramolecular Hbond substituents is 1. The number of halogens is 2.